The molecule has 0 atom stereocenters. The molecule has 1 N–H and O–H groups in total. The number of carbonyl (C=O) groups excluding carboxylic acids is 2. The summed E-state index contributed by atoms with van der Waals surface area (Å²) >= 11 is 3.09. The number of nitrogens with one attached hydrogen (secondary N) is 1. The lowest BCUT2D eigenvalue weighted by molar-refractivity contribution is -0.149. The first-order chi connectivity index (χ1) is 11.4. The highest BCUT2D eigenvalue weighted by molar-refractivity contribution is 9.10. The minimum absolute atomic E-state index is 0.0322. The predicted octanol–water partition coefficient (Wildman–Crippen LogP) is 3.29. The topological polar surface area (TPSA) is 64.6 Å². The largest absolute Gasteiger partial charge is 0.482 e. The standard InChI is InChI=1S/C16H12BrF2NO4/c17-10-4-5-14(13(19)6-10)20-15(21)8-24-16(22)9-23-12-3-1-2-11(18)7-12/h1-7H,8-9H2,(H,20,21). The van der Waals surface area contributed by atoms with Crippen LogP contribution in [0, 0.1) is 11.6 Å². The Labute approximate surface area is 144 Å². The Bertz CT molecular complexity index is 755. The summed E-state index contributed by atoms with van der Waals surface area (Å²) in [4.78, 5) is 23.1. The number of carbonyl (C=O) groups is 2. The van der Waals surface area contributed by atoms with Gasteiger partial charge in [-0.25, -0.2) is 13.6 Å². The zero-order chi connectivity index (χ0) is 17.5. The van der Waals surface area contributed by atoms with Crippen molar-refractivity contribution >= 4 is 33.5 Å². The van der Waals surface area contributed by atoms with Gasteiger partial charge in [0.25, 0.3) is 5.91 Å². The van der Waals surface area contributed by atoms with Crippen molar-refractivity contribution in [3.63, 3.8) is 0 Å². The molecule has 2 aromatic carbocycles. The molecule has 0 spiro atoms. The Kier molecular flexibility index (Phi) is 6.25. The van der Waals surface area contributed by atoms with Gasteiger partial charge in [0.1, 0.15) is 17.4 Å². The second kappa shape index (κ2) is 8.39. The predicted molar refractivity (Wildman–Crippen MR) is 85.6 cm³/mol. The molecular formula is C16H12BrF2NO4. The Hall–Kier alpha value is -2.48. The first-order valence-corrected chi connectivity index (χ1v) is 7.52. The minimum Gasteiger partial charge on any atom is -0.482 e. The van der Waals surface area contributed by atoms with E-state index in [4.69, 9.17) is 9.47 Å². The third kappa shape index (κ3) is 5.62. The lowest BCUT2D eigenvalue weighted by Gasteiger charge is -2.08. The molecule has 0 fully saturated rings. The summed E-state index contributed by atoms with van der Waals surface area (Å²) in [5.74, 6) is -2.48. The molecule has 0 aromatic heterocycles. The molecule has 0 heterocycles. The number of amides is 1. The normalized spacial score (nSPS) is 10.1. The maximum atomic E-state index is 13.5. The van der Waals surface area contributed by atoms with Gasteiger partial charge in [0.05, 0.1) is 5.69 Å². The van der Waals surface area contributed by atoms with Gasteiger partial charge in [-0.3, -0.25) is 4.79 Å². The Morgan fingerprint density at radius 3 is 2.58 bits per heavy atom. The van der Waals surface area contributed by atoms with E-state index in [0.29, 0.717) is 4.47 Å². The monoisotopic (exact) mass is 399 g/mol. The lowest BCUT2D eigenvalue weighted by atomic mass is 10.3. The van der Waals surface area contributed by atoms with Crippen LogP contribution in [0.25, 0.3) is 0 Å². The van der Waals surface area contributed by atoms with Crippen LogP contribution in [0.1, 0.15) is 0 Å². The number of benzene rings is 2. The van der Waals surface area contributed by atoms with Crippen LogP contribution in [0.5, 0.6) is 5.75 Å². The van der Waals surface area contributed by atoms with Gasteiger partial charge in [0.15, 0.2) is 13.2 Å². The maximum absolute atomic E-state index is 13.5. The van der Waals surface area contributed by atoms with Crippen molar-refractivity contribution in [2.24, 2.45) is 0 Å². The smallest absolute Gasteiger partial charge is 0.344 e. The van der Waals surface area contributed by atoms with Crippen molar-refractivity contribution in [2.45, 2.75) is 0 Å². The van der Waals surface area contributed by atoms with E-state index < -0.39 is 36.7 Å². The summed E-state index contributed by atoms with van der Waals surface area (Å²) in [5, 5.41) is 2.27. The van der Waals surface area contributed by atoms with Crippen molar-refractivity contribution in [1.82, 2.24) is 0 Å². The third-order valence-electron chi connectivity index (χ3n) is 2.72. The molecule has 126 valence electrons. The average Bonchev–Trinajstić information content (AvgIpc) is 2.54. The van der Waals surface area contributed by atoms with Gasteiger partial charge in [0.2, 0.25) is 0 Å². The summed E-state index contributed by atoms with van der Waals surface area (Å²) in [6, 6.07) is 9.35. The lowest BCUT2D eigenvalue weighted by Crippen LogP contribution is -2.24. The van der Waals surface area contributed by atoms with Crippen molar-refractivity contribution in [3.05, 3.63) is 58.6 Å². The molecule has 0 aliphatic heterocycles. The van der Waals surface area contributed by atoms with E-state index >= 15 is 0 Å². The fraction of sp³-hybridized carbons (Fsp3) is 0.125. The van der Waals surface area contributed by atoms with E-state index in [-0.39, 0.29) is 11.4 Å². The SMILES string of the molecule is O=C(COC(=O)COc1cccc(F)c1)Nc1ccc(Br)cc1F. The number of rotatable bonds is 6. The van der Waals surface area contributed by atoms with Crippen LogP contribution in [-0.4, -0.2) is 25.1 Å². The highest BCUT2D eigenvalue weighted by atomic mass is 79.9. The fourth-order valence-corrected chi connectivity index (χ4v) is 2.00. The van der Waals surface area contributed by atoms with Gasteiger partial charge < -0.3 is 14.8 Å². The van der Waals surface area contributed by atoms with E-state index in [1.807, 2.05) is 0 Å². The van der Waals surface area contributed by atoms with E-state index in [0.717, 1.165) is 6.07 Å². The highest BCUT2D eigenvalue weighted by Gasteiger charge is 2.11. The number of ether oxygens (including phenoxy) is 2. The van der Waals surface area contributed by atoms with Gasteiger partial charge in [-0.15, -0.1) is 0 Å². The molecule has 2 aromatic rings. The summed E-state index contributed by atoms with van der Waals surface area (Å²) in [6.45, 7) is -1.08. The van der Waals surface area contributed by atoms with Gasteiger partial charge in [-0.05, 0) is 30.3 Å². The van der Waals surface area contributed by atoms with Crippen LogP contribution < -0.4 is 10.1 Å². The Morgan fingerprint density at radius 2 is 1.88 bits per heavy atom. The quantitative estimate of drug-likeness (QED) is 0.756. The molecule has 0 saturated heterocycles. The highest BCUT2D eigenvalue weighted by Crippen LogP contribution is 2.19. The number of hydrogen-bond acceptors (Lipinski definition) is 4. The molecule has 0 aliphatic rings. The molecule has 8 heteroatoms. The number of hydrogen-bond donors (Lipinski definition) is 1. The number of halogens is 3. The summed E-state index contributed by atoms with van der Waals surface area (Å²) < 4.78 is 36.7. The van der Waals surface area contributed by atoms with Gasteiger partial charge in [-0.1, -0.05) is 22.0 Å². The van der Waals surface area contributed by atoms with Crippen molar-refractivity contribution in [2.75, 3.05) is 18.5 Å². The van der Waals surface area contributed by atoms with E-state index in [2.05, 4.69) is 21.2 Å². The average molecular weight is 400 g/mol. The molecule has 0 unspecified atom stereocenters. The third-order valence-corrected chi connectivity index (χ3v) is 3.22. The fourth-order valence-electron chi connectivity index (χ4n) is 1.66. The molecule has 0 saturated carbocycles. The van der Waals surface area contributed by atoms with Crippen molar-refractivity contribution in [3.8, 4) is 5.75 Å². The molecule has 0 aliphatic carbocycles. The molecule has 1 amide bonds. The second-order valence-corrected chi connectivity index (χ2v) is 5.49. The molecular weight excluding hydrogens is 388 g/mol. The Morgan fingerprint density at radius 1 is 1.08 bits per heavy atom. The van der Waals surface area contributed by atoms with Crippen LogP contribution in [0.2, 0.25) is 0 Å². The first kappa shape index (κ1) is 17.9. The second-order valence-electron chi connectivity index (χ2n) is 4.58. The summed E-state index contributed by atoms with van der Waals surface area (Å²) in [5.41, 5.74) is -0.0322. The zero-order valence-corrected chi connectivity index (χ0v) is 13.8. The van der Waals surface area contributed by atoms with Crippen molar-refractivity contribution in [1.29, 1.82) is 0 Å². The molecule has 2 rings (SSSR count). The first-order valence-electron chi connectivity index (χ1n) is 6.73. The number of anilines is 1. The van der Waals surface area contributed by atoms with Gasteiger partial charge >= 0.3 is 5.97 Å². The molecule has 24 heavy (non-hydrogen) atoms. The van der Waals surface area contributed by atoms with Crippen LogP contribution >= 0.6 is 15.9 Å². The summed E-state index contributed by atoms with van der Waals surface area (Å²) in [7, 11) is 0. The van der Waals surface area contributed by atoms with Gasteiger partial charge in [-0.2, -0.15) is 0 Å². The van der Waals surface area contributed by atoms with Crippen LogP contribution in [0.3, 0.4) is 0 Å². The van der Waals surface area contributed by atoms with Crippen molar-refractivity contribution < 1.29 is 27.8 Å². The maximum Gasteiger partial charge on any atom is 0.344 e. The summed E-state index contributed by atoms with van der Waals surface area (Å²) in [6.07, 6.45) is 0. The van der Waals surface area contributed by atoms with Crippen LogP contribution in [0.15, 0.2) is 46.9 Å². The number of esters is 1. The molecule has 0 bridgehead atoms. The Balaban J connectivity index is 1.75. The van der Waals surface area contributed by atoms with Crippen LogP contribution in [0.4, 0.5) is 14.5 Å². The molecule has 5 nitrogen and oxygen atoms in total. The van der Waals surface area contributed by atoms with Gasteiger partial charge in [0, 0.05) is 10.5 Å². The minimum atomic E-state index is -0.814. The molecule has 0 radical (unpaired) electrons. The van der Waals surface area contributed by atoms with Crippen LogP contribution in [-0.2, 0) is 14.3 Å². The zero-order valence-electron chi connectivity index (χ0n) is 12.2. The van der Waals surface area contributed by atoms with E-state index in [1.165, 1.54) is 30.3 Å². The van der Waals surface area contributed by atoms with E-state index in [1.54, 1.807) is 6.07 Å². The van der Waals surface area contributed by atoms with E-state index in [9.17, 15) is 18.4 Å².